The minimum atomic E-state index is 0.675. The predicted octanol–water partition coefficient (Wildman–Crippen LogP) is 3.35. The molecule has 4 nitrogen and oxygen atoms in total. The molecular weight excluding hydrogens is 310 g/mol. The molecule has 0 aliphatic heterocycles. The van der Waals surface area contributed by atoms with Gasteiger partial charge in [-0.3, -0.25) is 0 Å². The Bertz CT molecular complexity index is 526. The highest BCUT2D eigenvalue weighted by Gasteiger charge is 2.10. The summed E-state index contributed by atoms with van der Waals surface area (Å²) in [7, 11) is 3.29. The Kier molecular flexibility index (Phi) is 4.87. The number of hydrogen-bond acceptors (Lipinski definition) is 4. The molecule has 0 aliphatic carbocycles. The summed E-state index contributed by atoms with van der Waals surface area (Å²) in [5.41, 5.74) is 1.05. The Morgan fingerprint density at radius 2 is 2.05 bits per heavy atom. The third-order valence-electron chi connectivity index (χ3n) is 2.76. The average Bonchev–Trinajstić information content (AvgIpc) is 2.93. The zero-order valence-corrected chi connectivity index (χ0v) is 12.5. The average molecular weight is 326 g/mol. The summed E-state index contributed by atoms with van der Waals surface area (Å²) in [6.45, 7) is 1.35. The maximum atomic E-state index is 5.38. The summed E-state index contributed by atoms with van der Waals surface area (Å²) >= 11 is 3.54. The number of ether oxygens (including phenoxy) is 2. The monoisotopic (exact) mass is 325 g/mol. The van der Waals surface area contributed by atoms with Gasteiger partial charge in [-0.1, -0.05) is 15.9 Å². The van der Waals surface area contributed by atoms with E-state index in [9.17, 15) is 0 Å². The van der Waals surface area contributed by atoms with Crippen molar-refractivity contribution in [1.29, 1.82) is 0 Å². The van der Waals surface area contributed by atoms with Gasteiger partial charge in [0, 0.05) is 22.6 Å². The Hall–Kier alpha value is -1.46. The van der Waals surface area contributed by atoms with Gasteiger partial charge < -0.3 is 19.2 Å². The minimum Gasteiger partial charge on any atom is -0.497 e. The summed E-state index contributed by atoms with van der Waals surface area (Å²) in [5, 5.41) is 3.31. The molecule has 0 saturated carbocycles. The predicted molar refractivity (Wildman–Crippen MR) is 76.5 cm³/mol. The second-order valence-electron chi connectivity index (χ2n) is 3.97. The summed E-state index contributed by atoms with van der Waals surface area (Å²) in [6.07, 6.45) is 1.67. The number of benzene rings is 1. The second-order valence-corrected chi connectivity index (χ2v) is 4.83. The van der Waals surface area contributed by atoms with Gasteiger partial charge >= 0.3 is 0 Å². The van der Waals surface area contributed by atoms with E-state index in [1.807, 2.05) is 24.3 Å². The van der Waals surface area contributed by atoms with E-state index in [-0.39, 0.29) is 0 Å². The van der Waals surface area contributed by atoms with Crippen LogP contribution in [-0.2, 0) is 13.1 Å². The van der Waals surface area contributed by atoms with Gasteiger partial charge in [0.1, 0.15) is 17.3 Å². The number of halogens is 1. The molecule has 0 spiro atoms. The van der Waals surface area contributed by atoms with Crippen LogP contribution in [0.5, 0.6) is 11.5 Å². The van der Waals surface area contributed by atoms with Crippen LogP contribution in [0.2, 0.25) is 0 Å². The van der Waals surface area contributed by atoms with Crippen molar-refractivity contribution in [2.75, 3.05) is 14.2 Å². The molecule has 2 aromatic rings. The van der Waals surface area contributed by atoms with Gasteiger partial charge in [-0.15, -0.1) is 0 Å². The van der Waals surface area contributed by atoms with Crippen molar-refractivity contribution >= 4 is 15.9 Å². The number of methoxy groups -OCH3 is 2. The standard InChI is InChI=1S/C14H16BrNO3/c1-17-11-6-13(15)12(14(7-11)18-2)9-16-8-10-4-3-5-19-10/h3-7,16H,8-9H2,1-2H3. The number of hydrogen-bond donors (Lipinski definition) is 1. The molecule has 0 amide bonds. The normalized spacial score (nSPS) is 10.5. The lowest BCUT2D eigenvalue weighted by molar-refractivity contribution is 0.388. The van der Waals surface area contributed by atoms with Gasteiger partial charge in [0.2, 0.25) is 0 Å². The van der Waals surface area contributed by atoms with Gasteiger partial charge in [0.15, 0.2) is 0 Å². The molecule has 1 aromatic carbocycles. The second kappa shape index (κ2) is 6.63. The SMILES string of the molecule is COc1cc(Br)c(CNCc2ccco2)c(OC)c1. The molecule has 19 heavy (non-hydrogen) atoms. The fourth-order valence-electron chi connectivity index (χ4n) is 1.78. The Morgan fingerprint density at radius 1 is 1.21 bits per heavy atom. The topological polar surface area (TPSA) is 43.6 Å². The largest absolute Gasteiger partial charge is 0.497 e. The molecule has 1 N–H and O–H groups in total. The van der Waals surface area contributed by atoms with Crippen LogP contribution in [0.15, 0.2) is 39.4 Å². The van der Waals surface area contributed by atoms with E-state index < -0.39 is 0 Å². The fraction of sp³-hybridized carbons (Fsp3) is 0.286. The third-order valence-corrected chi connectivity index (χ3v) is 3.47. The summed E-state index contributed by atoms with van der Waals surface area (Å²) in [4.78, 5) is 0. The summed E-state index contributed by atoms with van der Waals surface area (Å²) < 4.78 is 16.8. The molecule has 0 bridgehead atoms. The van der Waals surface area contributed by atoms with E-state index >= 15 is 0 Å². The highest BCUT2D eigenvalue weighted by molar-refractivity contribution is 9.10. The summed E-state index contributed by atoms with van der Waals surface area (Å²) in [5.74, 6) is 2.46. The number of nitrogens with one attached hydrogen (secondary N) is 1. The van der Waals surface area contributed by atoms with Crippen LogP contribution in [0.25, 0.3) is 0 Å². The first-order valence-electron chi connectivity index (χ1n) is 5.88. The molecule has 0 fully saturated rings. The molecule has 2 rings (SSSR count). The van der Waals surface area contributed by atoms with E-state index in [4.69, 9.17) is 13.9 Å². The lowest BCUT2D eigenvalue weighted by Crippen LogP contribution is -2.13. The van der Waals surface area contributed by atoms with Crippen LogP contribution in [0, 0.1) is 0 Å². The van der Waals surface area contributed by atoms with Gasteiger partial charge in [0.05, 0.1) is 27.0 Å². The van der Waals surface area contributed by atoms with E-state index in [1.54, 1.807) is 20.5 Å². The van der Waals surface area contributed by atoms with Gasteiger partial charge in [0.25, 0.3) is 0 Å². The third kappa shape index (κ3) is 3.52. The molecule has 0 aliphatic rings. The van der Waals surface area contributed by atoms with Crippen molar-refractivity contribution in [2.45, 2.75) is 13.1 Å². The molecule has 1 heterocycles. The van der Waals surface area contributed by atoms with Crippen LogP contribution in [0.1, 0.15) is 11.3 Å². The lowest BCUT2D eigenvalue weighted by atomic mass is 10.2. The van der Waals surface area contributed by atoms with E-state index in [2.05, 4.69) is 21.2 Å². The van der Waals surface area contributed by atoms with Crippen molar-refractivity contribution in [1.82, 2.24) is 5.32 Å². The maximum absolute atomic E-state index is 5.38. The first-order valence-corrected chi connectivity index (χ1v) is 6.67. The van der Waals surface area contributed by atoms with Crippen LogP contribution in [0.4, 0.5) is 0 Å². The van der Waals surface area contributed by atoms with E-state index in [0.29, 0.717) is 13.1 Å². The zero-order valence-electron chi connectivity index (χ0n) is 10.9. The van der Waals surface area contributed by atoms with Crippen molar-refractivity contribution < 1.29 is 13.9 Å². The first kappa shape index (κ1) is 14.0. The molecule has 0 radical (unpaired) electrons. The van der Waals surface area contributed by atoms with Crippen molar-refractivity contribution in [3.05, 3.63) is 46.3 Å². The molecule has 102 valence electrons. The molecule has 0 unspecified atom stereocenters. The van der Waals surface area contributed by atoms with Gasteiger partial charge in [-0.05, 0) is 18.2 Å². The van der Waals surface area contributed by atoms with Gasteiger partial charge in [-0.2, -0.15) is 0 Å². The van der Waals surface area contributed by atoms with Crippen LogP contribution >= 0.6 is 15.9 Å². The fourth-order valence-corrected chi connectivity index (χ4v) is 2.34. The van der Waals surface area contributed by atoms with Crippen molar-refractivity contribution in [3.8, 4) is 11.5 Å². The van der Waals surface area contributed by atoms with Gasteiger partial charge in [-0.25, -0.2) is 0 Å². The quantitative estimate of drug-likeness (QED) is 0.884. The molecular formula is C14H16BrNO3. The van der Waals surface area contributed by atoms with Crippen molar-refractivity contribution in [2.24, 2.45) is 0 Å². The number of rotatable bonds is 6. The first-order chi connectivity index (χ1) is 9.24. The molecule has 1 aromatic heterocycles. The molecule has 0 atom stereocenters. The Labute approximate surface area is 120 Å². The Morgan fingerprint density at radius 3 is 2.68 bits per heavy atom. The van der Waals surface area contributed by atoms with E-state index in [0.717, 1.165) is 27.3 Å². The number of furan rings is 1. The van der Waals surface area contributed by atoms with E-state index in [1.165, 1.54) is 0 Å². The summed E-state index contributed by atoms with van der Waals surface area (Å²) in [6, 6.07) is 7.61. The van der Waals surface area contributed by atoms with Crippen LogP contribution in [0.3, 0.4) is 0 Å². The highest BCUT2D eigenvalue weighted by Crippen LogP contribution is 2.32. The maximum Gasteiger partial charge on any atom is 0.128 e. The Balaban J connectivity index is 2.06. The van der Waals surface area contributed by atoms with Crippen molar-refractivity contribution in [3.63, 3.8) is 0 Å². The zero-order chi connectivity index (χ0) is 13.7. The molecule has 5 heteroatoms. The minimum absolute atomic E-state index is 0.675. The lowest BCUT2D eigenvalue weighted by Gasteiger charge is -2.13. The van der Waals surface area contributed by atoms with Crippen LogP contribution in [-0.4, -0.2) is 14.2 Å². The highest BCUT2D eigenvalue weighted by atomic mass is 79.9. The molecule has 0 saturated heterocycles. The smallest absolute Gasteiger partial charge is 0.128 e. The van der Waals surface area contributed by atoms with Crippen LogP contribution < -0.4 is 14.8 Å².